The summed E-state index contributed by atoms with van der Waals surface area (Å²) in [7, 11) is 0. The number of hydrogen-bond acceptors (Lipinski definition) is 7. The lowest BCUT2D eigenvalue weighted by Gasteiger charge is -2.27. The monoisotopic (exact) mass is 455 g/mol. The molecule has 0 bridgehead atoms. The van der Waals surface area contributed by atoms with Gasteiger partial charge < -0.3 is 24.5 Å². The van der Waals surface area contributed by atoms with Crippen LogP contribution >= 0.6 is 0 Å². The number of benzene rings is 1. The van der Waals surface area contributed by atoms with E-state index in [0.29, 0.717) is 36.3 Å². The quantitative estimate of drug-likeness (QED) is 0.277. The van der Waals surface area contributed by atoms with Gasteiger partial charge in [0.1, 0.15) is 29.8 Å². The first-order valence-electron chi connectivity index (χ1n) is 11.5. The van der Waals surface area contributed by atoms with Gasteiger partial charge in [-0.1, -0.05) is 36.0 Å². The molecule has 3 rings (SSSR count). The van der Waals surface area contributed by atoms with Crippen LogP contribution in [0.2, 0.25) is 0 Å². The lowest BCUT2D eigenvalue weighted by atomic mass is 9.88. The molecule has 0 aromatic heterocycles. The summed E-state index contributed by atoms with van der Waals surface area (Å²) in [5.74, 6) is -1.09. The second-order valence-corrected chi connectivity index (χ2v) is 8.28. The second kappa shape index (κ2) is 12.3. The van der Waals surface area contributed by atoms with Gasteiger partial charge in [0.05, 0.1) is 11.8 Å². The second-order valence-electron chi connectivity index (χ2n) is 8.28. The number of nitrogens with zero attached hydrogens (tertiary/aromatic N) is 1. The van der Waals surface area contributed by atoms with Gasteiger partial charge in [-0.15, -0.1) is 0 Å². The number of rotatable bonds is 4. The molecule has 2 aliphatic rings. The molecule has 0 aliphatic carbocycles. The predicted octanol–water partition coefficient (Wildman–Crippen LogP) is 5.28. The van der Waals surface area contributed by atoms with Crippen molar-refractivity contribution in [1.82, 2.24) is 0 Å². The zero-order valence-corrected chi connectivity index (χ0v) is 19.2. The largest absolute Gasteiger partial charge is 0.507 e. The van der Waals surface area contributed by atoms with Gasteiger partial charge in [-0.05, 0) is 50.7 Å². The van der Waals surface area contributed by atoms with Crippen molar-refractivity contribution in [2.75, 3.05) is 13.2 Å². The highest BCUT2D eigenvalue weighted by Crippen LogP contribution is 2.41. The number of phenols is 2. The molecule has 0 saturated carbocycles. The molecule has 2 unspecified atom stereocenters. The van der Waals surface area contributed by atoms with Crippen molar-refractivity contribution in [3.8, 4) is 11.5 Å². The smallest absolute Gasteiger partial charge is 0.342 e. The Morgan fingerprint density at radius 1 is 1.21 bits per heavy atom. The van der Waals surface area contributed by atoms with Gasteiger partial charge in [-0.2, -0.15) is 0 Å². The van der Waals surface area contributed by atoms with Crippen LogP contribution in [0.15, 0.2) is 48.2 Å². The normalized spacial score (nSPS) is 25.4. The van der Waals surface area contributed by atoms with Crippen molar-refractivity contribution in [1.29, 1.82) is 0 Å². The molecule has 1 fully saturated rings. The molecule has 7 nitrogen and oxygen atoms in total. The minimum atomic E-state index is -0.646. The number of cyclic esters (lactones) is 1. The molecule has 1 aromatic rings. The Labute approximate surface area is 195 Å². The number of phenolic OH excluding ortho intramolecular Hbond substituents is 2. The first-order chi connectivity index (χ1) is 16.0. The van der Waals surface area contributed by atoms with E-state index in [9.17, 15) is 15.0 Å². The molecular formula is C26H33NO6. The van der Waals surface area contributed by atoms with Crippen molar-refractivity contribution in [2.24, 2.45) is 5.16 Å². The molecule has 0 spiro atoms. The number of oxime groups is 1. The van der Waals surface area contributed by atoms with E-state index in [1.807, 2.05) is 31.2 Å². The third kappa shape index (κ3) is 6.71. The van der Waals surface area contributed by atoms with Crippen molar-refractivity contribution in [3.63, 3.8) is 0 Å². The lowest BCUT2D eigenvalue weighted by Crippen LogP contribution is -2.21. The van der Waals surface area contributed by atoms with Crippen LogP contribution in [-0.4, -0.2) is 41.2 Å². The third-order valence-electron chi connectivity index (χ3n) is 5.62. The summed E-state index contributed by atoms with van der Waals surface area (Å²) in [6, 6.07) is 1.20. The number of fused-ring (bicyclic) bond motifs is 1. The maximum atomic E-state index is 13.2. The number of allylic oxidation sites excluding steroid dienone is 3. The highest BCUT2D eigenvalue weighted by Gasteiger charge is 2.31. The molecule has 0 amide bonds. The first-order valence-corrected chi connectivity index (χ1v) is 11.5. The van der Waals surface area contributed by atoms with Crippen LogP contribution in [0.25, 0.3) is 0 Å². The Morgan fingerprint density at radius 2 is 2.03 bits per heavy atom. The van der Waals surface area contributed by atoms with Crippen LogP contribution < -0.4 is 0 Å². The standard InChI is InChI=1S/C26H33NO6/c1-3-14-32-27-19-12-8-6-4-5-7-11-18(2)33-26(30)25-20(16-19)24(21(28)17-22(25)29)23-13-9-10-15-31-23/h3,5,7-8,12,17-18,23,28-29H,1,4,6,9-11,13-16H2,2H3/b7-5+,12-8+,27-19+. The predicted molar refractivity (Wildman–Crippen MR) is 127 cm³/mol. The van der Waals surface area contributed by atoms with Crippen LogP contribution in [-0.2, 0) is 20.7 Å². The number of esters is 1. The van der Waals surface area contributed by atoms with Crippen molar-refractivity contribution in [2.45, 2.75) is 64.1 Å². The molecule has 0 radical (unpaired) electrons. The zero-order chi connectivity index (χ0) is 23.6. The molecule has 178 valence electrons. The van der Waals surface area contributed by atoms with Crippen molar-refractivity contribution in [3.05, 3.63) is 59.7 Å². The van der Waals surface area contributed by atoms with Gasteiger partial charge in [0.15, 0.2) is 0 Å². The van der Waals surface area contributed by atoms with Gasteiger partial charge in [0.2, 0.25) is 0 Å². The van der Waals surface area contributed by atoms with Crippen LogP contribution in [0.5, 0.6) is 11.5 Å². The summed E-state index contributed by atoms with van der Waals surface area (Å²) in [5.41, 5.74) is 1.50. The Morgan fingerprint density at radius 3 is 2.79 bits per heavy atom. The maximum absolute atomic E-state index is 13.2. The first kappa shape index (κ1) is 24.6. The Hall–Kier alpha value is -3.06. The molecule has 7 heteroatoms. The fraction of sp³-hybridized carbons (Fsp3) is 0.462. The molecule has 1 aromatic carbocycles. The van der Waals surface area contributed by atoms with E-state index in [2.05, 4.69) is 11.7 Å². The number of ether oxygens (including phenoxy) is 2. The molecule has 2 N–H and O–H groups in total. The summed E-state index contributed by atoms with van der Waals surface area (Å²) in [4.78, 5) is 18.5. The van der Waals surface area contributed by atoms with Gasteiger partial charge in [0, 0.05) is 31.1 Å². The highest BCUT2D eigenvalue weighted by molar-refractivity contribution is 6.01. The highest BCUT2D eigenvalue weighted by atomic mass is 16.6. The fourth-order valence-electron chi connectivity index (χ4n) is 4.05. The summed E-state index contributed by atoms with van der Waals surface area (Å²) in [6.45, 7) is 6.24. The van der Waals surface area contributed by atoms with Gasteiger partial charge in [-0.25, -0.2) is 4.79 Å². The topological polar surface area (TPSA) is 97.6 Å². The van der Waals surface area contributed by atoms with Crippen LogP contribution in [0.3, 0.4) is 0 Å². The van der Waals surface area contributed by atoms with E-state index < -0.39 is 5.97 Å². The fourth-order valence-corrected chi connectivity index (χ4v) is 4.05. The Balaban J connectivity index is 2.14. The summed E-state index contributed by atoms with van der Waals surface area (Å²) in [5, 5.41) is 25.7. The number of aromatic hydroxyl groups is 2. The van der Waals surface area contributed by atoms with Gasteiger partial charge in [0.25, 0.3) is 0 Å². The molecule has 1 saturated heterocycles. The van der Waals surface area contributed by atoms with E-state index >= 15 is 0 Å². The van der Waals surface area contributed by atoms with Crippen LogP contribution in [0.4, 0.5) is 0 Å². The third-order valence-corrected chi connectivity index (χ3v) is 5.62. The average molecular weight is 456 g/mol. The summed E-state index contributed by atoms with van der Waals surface area (Å²) >= 11 is 0. The average Bonchev–Trinajstić information content (AvgIpc) is 2.78. The van der Waals surface area contributed by atoms with Crippen molar-refractivity contribution < 1.29 is 29.3 Å². The SMILES string of the molecule is C=CCO/N=C1\C=C\CC/C=C/CC(C)OC(=O)c2c(O)cc(O)c(C3CCCCO3)c2C1. The molecule has 33 heavy (non-hydrogen) atoms. The Bertz CT molecular complexity index is 927. The molecular weight excluding hydrogens is 422 g/mol. The number of carbonyl (C=O) groups excluding carboxylic acids is 1. The van der Waals surface area contributed by atoms with E-state index in [1.54, 1.807) is 6.08 Å². The maximum Gasteiger partial charge on any atom is 0.342 e. The van der Waals surface area contributed by atoms with Crippen LogP contribution in [0.1, 0.15) is 73.0 Å². The van der Waals surface area contributed by atoms with E-state index in [4.69, 9.17) is 14.3 Å². The Kier molecular flexibility index (Phi) is 9.13. The summed E-state index contributed by atoms with van der Waals surface area (Å²) in [6.07, 6.45) is 13.7. The van der Waals surface area contributed by atoms with E-state index in [-0.39, 0.29) is 42.3 Å². The minimum Gasteiger partial charge on any atom is -0.507 e. The lowest BCUT2D eigenvalue weighted by molar-refractivity contribution is 0.0129. The summed E-state index contributed by atoms with van der Waals surface area (Å²) < 4.78 is 11.6. The molecule has 2 heterocycles. The number of hydrogen-bond donors (Lipinski definition) is 2. The number of carbonyl (C=O) groups is 1. The van der Waals surface area contributed by atoms with Gasteiger partial charge >= 0.3 is 5.97 Å². The van der Waals surface area contributed by atoms with Crippen LogP contribution in [0, 0.1) is 0 Å². The van der Waals surface area contributed by atoms with E-state index in [1.165, 1.54) is 6.07 Å². The zero-order valence-electron chi connectivity index (χ0n) is 19.2. The molecule has 2 aliphatic heterocycles. The van der Waals surface area contributed by atoms with Crippen molar-refractivity contribution >= 4 is 11.7 Å². The minimum absolute atomic E-state index is 0.0229. The van der Waals surface area contributed by atoms with Gasteiger partial charge in [-0.3, -0.25) is 0 Å². The molecule has 2 atom stereocenters. The van der Waals surface area contributed by atoms with E-state index in [0.717, 1.165) is 25.7 Å².